The number of carbonyl (C=O) groups is 3. The summed E-state index contributed by atoms with van der Waals surface area (Å²) in [6.07, 6.45) is 1.72. The van der Waals surface area contributed by atoms with Crippen LogP contribution in [0.1, 0.15) is 51.2 Å². The van der Waals surface area contributed by atoms with Gasteiger partial charge in [-0.1, -0.05) is 31.2 Å². The van der Waals surface area contributed by atoms with Crippen molar-refractivity contribution in [3.8, 4) is 0 Å². The van der Waals surface area contributed by atoms with Gasteiger partial charge in [-0.3, -0.25) is 9.59 Å². The molecule has 2 rings (SSSR count). The number of nitrogens with one attached hydrogen (secondary N) is 1. The molecule has 1 aliphatic rings. The lowest BCUT2D eigenvalue weighted by atomic mass is 10.0. The molecule has 202 valence electrons. The van der Waals surface area contributed by atoms with E-state index in [0.29, 0.717) is 45.4 Å². The highest BCUT2D eigenvalue weighted by Crippen LogP contribution is 2.22. The van der Waals surface area contributed by atoms with Gasteiger partial charge in [0.1, 0.15) is 6.54 Å². The highest BCUT2D eigenvalue weighted by molar-refractivity contribution is 7.89. The smallest absolute Gasteiger partial charge is 0.325 e. The molecule has 1 aromatic rings. The van der Waals surface area contributed by atoms with E-state index < -0.39 is 16.0 Å². The summed E-state index contributed by atoms with van der Waals surface area (Å²) in [6.45, 7) is 8.52. The van der Waals surface area contributed by atoms with Crippen molar-refractivity contribution in [2.75, 3.05) is 45.1 Å². The monoisotopic (exact) mass is 524 g/mol. The molecule has 1 N–H and O–H groups in total. The van der Waals surface area contributed by atoms with Crippen LogP contribution in [0, 0.1) is 6.92 Å². The Morgan fingerprint density at radius 1 is 1.11 bits per heavy atom. The number of hydrogen-bond acceptors (Lipinski definition) is 6. The highest BCUT2D eigenvalue weighted by atomic mass is 32.2. The Balaban J connectivity index is 2.13. The van der Waals surface area contributed by atoms with Crippen molar-refractivity contribution in [2.45, 2.75) is 59.5 Å². The summed E-state index contributed by atoms with van der Waals surface area (Å²) in [7, 11) is -3.51. The Labute approximate surface area is 215 Å². The standard InChI is InChI=1S/C25H40N4O6S/c1-5-14-28(36(33,34)7-3)19-23(30)29(18-21-11-9-8-10-20(21)4)22-12-15-27(16-13-22)25(32)26-17-24(31)35-6-2/h8-11,22H,5-7,12-19H2,1-4H3,(H,26,32). The van der Waals surface area contributed by atoms with Gasteiger partial charge in [-0.15, -0.1) is 0 Å². The topological polar surface area (TPSA) is 116 Å². The molecule has 10 nitrogen and oxygen atoms in total. The van der Waals surface area contributed by atoms with Gasteiger partial charge in [0.05, 0.1) is 18.9 Å². The van der Waals surface area contributed by atoms with Crippen molar-refractivity contribution in [3.63, 3.8) is 0 Å². The molecule has 1 fully saturated rings. The number of urea groups is 1. The van der Waals surface area contributed by atoms with Crippen LogP contribution in [0.2, 0.25) is 0 Å². The fourth-order valence-electron chi connectivity index (χ4n) is 4.23. The minimum absolute atomic E-state index is 0.0582. The molecule has 0 saturated carbocycles. The second-order valence-electron chi connectivity index (χ2n) is 8.86. The molecule has 0 aromatic heterocycles. The second-order valence-corrected chi connectivity index (χ2v) is 11.1. The summed E-state index contributed by atoms with van der Waals surface area (Å²) in [4.78, 5) is 40.9. The summed E-state index contributed by atoms with van der Waals surface area (Å²) >= 11 is 0. The zero-order valence-corrected chi connectivity index (χ0v) is 22.7. The van der Waals surface area contributed by atoms with Gasteiger partial charge < -0.3 is 19.9 Å². The zero-order chi connectivity index (χ0) is 26.7. The maximum absolute atomic E-state index is 13.5. The van der Waals surface area contributed by atoms with Crippen molar-refractivity contribution in [1.82, 2.24) is 19.4 Å². The Kier molecular flexibility index (Phi) is 11.6. The molecule has 0 atom stereocenters. The molecular weight excluding hydrogens is 484 g/mol. The molecule has 1 heterocycles. The summed E-state index contributed by atoms with van der Waals surface area (Å²) in [5.41, 5.74) is 2.05. The molecule has 36 heavy (non-hydrogen) atoms. The van der Waals surface area contributed by atoms with Gasteiger partial charge in [-0.25, -0.2) is 13.2 Å². The number of likely N-dealkylation sites (tertiary alicyclic amines) is 1. The quantitative estimate of drug-likeness (QED) is 0.419. The minimum atomic E-state index is -3.51. The number of carbonyl (C=O) groups excluding carboxylic acids is 3. The molecule has 0 radical (unpaired) electrons. The van der Waals surface area contributed by atoms with E-state index in [-0.39, 0.29) is 43.4 Å². The largest absolute Gasteiger partial charge is 0.465 e. The molecule has 1 aliphatic heterocycles. The first-order valence-electron chi connectivity index (χ1n) is 12.6. The number of ether oxygens (including phenoxy) is 1. The summed E-state index contributed by atoms with van der Waals surface area (Å²) in [5, 5.41) is 2.57. The van der Waals surface area contributed by atoms with Gasteiger partial charge in [0.25, 0.3) is 0 Å². The highest BCUT2D eigenvalue weighted by Gasteiger charge is 2.32. The third kappa shape index (κ3) is 8.48. The van der Waals surface area contributed by atoms with Gasteiger partial charge >= 0.3 is 12.0 Å². The van der Waals surface area contributed by atoms with E-state index in [1.54, 1.807) is 23.6 Å². The number of piperidine rings is 1. The molecule has 1 aromatic carbocycles. The van der Waals surface area contributed by atoms with Crippen LogP contribution in [0.4, 0.5) is 4.79 Å². The van der Waals surface area contributed by atoms with Crippen LogP contribution in [-0.4, -0.2) is 91.6 Å². The fourth-order valence-corrected chi connectivity index (χ4v) is 5.37. The van der Waals surface area contributed by atoms with Crippen LogP contribution in [0.15, 0.2) is 24.3 Å². The van der Waals surface area contributed by atoms with Crippen LogP contribution in [0.5, 0.6) is 0 Å². The molecule has 0 aliphatic carbocycles. The lowest BCUT2D eigenvalue weighted by Gasteiger charge is -2.39. The number of esters is 1. The van der Waals surface area contributed by atoms with E-state index in [9.17, 15) is 22.8 Å². The third-order valence-electron chi connectivity index (χ3n) is 6.35. The summed E-state index contributed by atoms with van der Waals surface area (Å²) < 4.78 is 31.3. The fraction of sp³-hybridized carbons (Fsp3) is 0.640. The molecule has 0 unspecified atom stereocenters. The predicted octanol–water partition coefficient (Wildman–Crippen LogP) is 2.12. The van der Waals surface area contributed by atoms with Crippen molar-refractivity contribution < 1.29 is 27.5 Å². The average Bonchev–Trinajstić information content (AvgIpc) is 2.86. The molecule has 11 heteroatoms. The normalized spacial score (nSPS) is 14.5. The van der Waals surface area contributed by atoms with Gasteiger partial charge in [-0.2, -0.15) is 4.31 Å². The molecule has 0 spiro atoms. The molecule has 3 amide bonds. The van der Waals surface area contributed by atoms with E-state index in [0.717, 1.165) is 11.1 Å². The average molecular weight is 525 g/mol. The van der Waals surface area contributed by atoms with Gasteiger partial charge in [0, 0.05) is 32.2 Å². The van der Waals surface area contributed by atoms with Crippen molar-refractivity contribution in [2.24, 2.45) is 0 Å². The number of rotatable bonds is 12. The minimum Gasteiger partial charge on any atom is -0.465 e. The van der Waals surface area contributed by atoms with E-state index in [4.69, 9.17) is 4.74 Å². The SMILES string of the molecule is CCCN(CC(=O)N(Cc1ccccc1C)C1CCN(C(=O)NCC(=O)OCC)CC1)S(=O)(=O)CC. The molecule has 1 saturated heterocycles. The summed E-state index contributed by atoms with van der Waals surface area (Å²) in [5.74, 6) is -0.791. The van der Waals surface area contributed by atoms with E-state index in [1.807, 2.05) is 38.1 Å². The molecular formula is C25H40N4O6S. The number of aryl methyl sites for hydroxylation is 1. The Morgan fingerprint density at radius 3 is 2.36 bits per heavy atom. The van der Waals surface area contributed by atoms with Crippen LogP contribution < -0.4 is 5.32 Å². The number of amides is 3. The van der Waals surface area contributed by atoms with Crippen LogP contribution in [-0.2, 0) is 30.9 Å². The van der Waals surface area contributed by atoms with E-state index in [1.165, 1.54) is 4.31 Å². The maximum atomic E-state index is 13.5. The van der Waals surface area contributed by atoms with Gasteiger partial charge in [0.15, 0.2) is 0 Å². The molecule has 0 bridgehead atoms. The lowest BCUT2D eigenvalue weighted by molar-refractivity contribution is -0.142. The first-order chi connectivity index (χ1) is 17.1. The van der Waals surface area contributed by atoms with Gasteiger partial charge in [0.2, 0.25) is 15.9 Å². The Bertz CT molecular complexity index is 992. The van der Waals surface area contributed by atoms with Crippen LogP contribution >= 0.6 is 0 Å². The lowest BCUT2D eigenvalue weighted by Crippen LogP contribution is -2.53. The zero-order valence-electron chi connectivity index (χ0n) is 21.9. The number of nitrogens with zero attached hydrogens (tertiary/aromatic N) is 3. The first-order valence-corrected chi connectivity index (χ1v) is 14.2. The first kappa shape index (κ1) is 29.6. The van der Waals surface area contributed by atoms with Crippen LogP contribution in [0.3, 0.4) is 0 Å². The Hall–Kier alpha value is -2.66. The maximum Gasteiger partial charge on any atom is 0.325 e. The van der Waals surface area contributed by atoms with Crippen molar-refractivity contribution in [1.29, 1.82) is 0 Å². The third-order valence-corrected chi connectivity index (χ3v) is 8.17. The second kappa shape index (κ2) is 14.2. The van der Waals surface area contributed by atoms with E-state index >= 15 is 0 Å². The number of benzene rings is 1. The predicted molar refractivity (Wildman–Crippen MR) is 138 cm³/mol. The van der Waals surface area contributed by atoms with Gasteiger partial charge in [-0.05, 0) is 51.2 Å². The Morgan fingerprint density at radius 2 is 1.78 bits per heavy atom. The van der Waals surface area contributed by atoms with E-state index in [2.05, 4.69) is 5.32 Å². The van der Waals surface area contributed by atoms with Crippen LogP contribution in [0.25, 0.3) is 0 Å². The number of sulfonamides is 1. The summed E-state index contributed by atoms with van der Waals surface area (Å²) in [6, 6.07) is 7.33. The van der Waals surface area contributed by atoms with Crippen molar-refractivity contribution >= 4 is 27.9 Å². The number of hydrogen-bond donors (Lipinski definition) is 1. The van der Waals surface area contributed by atoms with Crippen molar-refractivity contribution in [3.05, 3.63) is 35.4 Å².